The van der Waals surface area contributed by atoms with Crippen LogP contribution in [-0.4, -0.2) is 38.0 Å². The maximum Gasteiger partial charge on any atom is 0.182 e. The van der Waals surface area contributed by atoms with E-state index in [1.54, 1.807) is 0 Å². The number of nitrogens with two attached hydrogens (primary N) is 1. The number of hydrogen-bond donors (Lipinski definition) is 2. The summed E-state index contributed by atoms with van der Waals surface area (Å²) in [6.07, 6.45) is 2.32. The highest BCUT2D eigenvalue weighted by Gasteiger charge is 2.29. The van der Waals surface area contributed by atoms with Crippen molar-refractivity contribution in [3.05, 3.63) is 0 Å². The van der Waals surface area contributed by atoms with Crippen molar-refractivity contribution in [3.8, 4) is 0 Å². The summed E-state index contributed by atoms with van der Waals surface area (Å²) in [5.74, 6) is 1.64. The number of H-pyrrole nitrogens is 1. The second-order valence-corrected chi connectivity index (χ2v) is 7.37. The summed E-state index contributed by atoms with van der Waals surface area (Å²) in [6.45, 7) is 5.96. The molecule has 0 radical (unpaired) electrons. The van der Waals surface area contributed by atoms with Gasteiger partial charge in [-0.05, 0) is 18.3 Å². The first-order valence-corrected chi connectivity index (χ1v) is 7.97. The lowest BCUT2D eigenvalue weighted by Gasteiger charge is -2.35. The SMILES string of the molecule is CC1CC(C)CN(c2n[nH]c(N)c2S(C)(=O)=O)C1. The van der Waals surface area contributed by atoms with Crippen molar-refractivity contribution in [1.82, 2.24) is 10.2 Å². The van der Waals surface area contributed by atoms with Crippen molar-refractivity contribution in [2.75, 3.05) is 30.0 Å². The third-order valence-corrected chi connectivity index (χ3v) is 4.41. The summed E-state index contributed by atoms with van der Waals surface area (Å²) in [6, 6.07) is 0. The van der Waals surface area contributed by atoms with Crippen molar-refractivity contribution in [1.29, 1.82) is 0 Å². The Bertz CT molecular complexity index is 527. The van der Waals surface area contributed by atoms with E-state index in [1.165, 1.54) is 0 Å². The van der Waals surface area contributed by atoms with Gasteiger partial charge in [0.1, 0.15) is 5.82 Å². The first-order chi connectivity index (χ1) is 8.29. The molecular formula is C11H20N4O2S. The molecule has 1 fully saturated rings. The Morgan fingerprint density at radius 3 is 2.39 bits per heavy atom. The van der Waals surface area contributed by atoms with Crippen LogP contribution in [0.4, 0.5) is 11.6 Å². The molecule has 0 saturated carbocycles. The van der Waals surface area contributed by atoms with Crippen molar-refractivity contribution in [2.45, 2.75) is 25.2 Å². The molecule has 1 aliphatic heterocycles. The normalized spacial score (nSPS) is 25.4. The van der Waals surface area contributed by atoms with Crippen LogP contribution in [0, 0.1) is 11.8 Å². The largest absolute Gasteiger partial charge is 0.383 e. The van der Waals surface area contributed by atoms with Crippen LogP contribution in [0.15, 0.2) is 4.90 Å². The highest BCUT2D eigenvalue weighted by Crippen LogP contribution is 2.32. The van der Waals surface area contributed by atoms with E-state index >= 15 is 0 Å². The predicted molar refractivity (Wildman–Crippen MR) is 71.3 cm³/mol. The van der Waals surface area contributed by atoms with Crippen LogP contribution in [0.3, 0.4) is 0 Å². The van der Waals surface area contributed by atoms with Gasteiger partial charge in [0, 0.05) is 19.3 Å². The summed E-state index contributed by atoms with van der Waals surface area (Å²) < 4.78 is 23.5. The first kappa shape index (κ1) is 13.2. The van der Waals surface area contributed by atoms with E-state index in [2.05, 4.69) is 24.0 Å². The Balaban J connectivity index is 2.40. The van der Waals surface area contributed by atoms with Gasteiger partial charge in [0.2, 0.25) is 0 Å². The lowest BCUT2D eigenvalue weighted by Crippen LogP contribution is -2.39. The molecule has 0 amide bonds. The zero-order valence-corrected chi connectivity index (χ0v) is 11.8. The van der Waals surface area contributed by atoms with Gasteiger partial charge in [-0.15, -0.1) is 0 Å². The number of rotatable bonds is 2. The smallest absolute Gasteiger partial charge is 0.182 e. The second-order valence-electron chi connectivity index (χ2n) is 5.41. The molecule has 0 bridgehead atoms. The zero-order chi connectivity index (χ0) is 13.5. The van der Waals surface area contributed by atoms with Crippen molar-refractivity contribution in [2.24, 2.45) is 11.8 Å². The number of aromatic amines is 1. The van der Waals surface area contributed by atoms with Gasteiger partial charge in [-0.1, -0.05) is 13.8 Å². The summed E-state index contributed by atoms with van der Waals surface area (Å²) in [7, 11) is -3.37. The van der Waals surface area contributed by atoms with Crippen molar-refractivity contribution < 1.29 is 8.42 Å². The molecule has 0 aliphatic carbocycles. The van der Waals surface area contributed by atoms with Crippen LogP contribution in [0.5, 0.6) is 0 Å². The Hall–Kier alpha value is -1.24. The molecule has 1 saturated heterocycles. The van der Waals surface area contributed by atoms with Crippen LogP contribution >= 0.6 is 0 Å². The van der Waals surface area contributed by atoms with E-state index in [1.807, 2.05) is 4.90 Å². The third-order valence-electron chi connectivity index (χ3n) is 3.27. The minimum Gasteiger partial charge on any atom is -0.383 e. The minimum absolute atomic E-state index is 0.123. The highest BCUT2D eigenvalue weighted by atomic mass is 32.2. The fourth-order valence-corrected chi connectivity index (χ4v) is 3.70. The molecule has 1 aromatic heterocycles. The topological polar surface area (TPSA) is 92.1 Å². The lowest BCUT2D eigenvalue weighted by atomic mass is 9.92. The summed E-state index contributed by atoms with van der Waals surface area (Å²) in [5.41, 5.74) is 5.68. The monoisotopic (exact) mass is 272 g/mol. The Morgan fingerprint density at radius 1 is 1.33 bits per heavy atom. The summed E-state index contributed by atoms with van der Waals surface area (Å²) >= 11 is 0. The molecular weight excluding hydrogens is 252 g/mol. The predicted octanol–water partition coefficient (Wildman–Crippen LogP) is 0.878. The van der Waals surface area contributed by atoms with E-state index in [9.17, 15) is 8.42 Å². The van der Waals surface area contributed by atoms with E-state index in [-0.39, 0.29) is 10.7 Å². The van der Waals surface area contributed by atoms with Crippen LogP contribution in [0.1, 0.15) is 20.3 Å². The Labute approximate surface area is 107 Å². The molecule has 0 aromatic carbocycles. The first-order valence-electron chi connectivity index (χ1n) is 6.08. The molecule has 1 aromatic rings. The van der Waals surface area contributed by atoms with Crippen LogP contribution in [0.25, 0.3) is 0 Å². The fraction of sp³-hybridized carbons (Fsp3) is 0.727. The van der Waals surface area contributed by atoms with Gasteiger partial charge in [-0.2, -0.15) is 5.10 Å². The van der Waals surface area contributed by atoms with Crippen LogP contribution in [0.2, 0.25) is 0 Å². The van der Waals surface area contributed by atoms with Gasteiger partial charge in [-0.25, -0.2) is 8.42 Å². The zero-order valence-electron chi connectivity index (χ0n) is 11.0. The second kappa shape index (κ2) is 4.46. The van der Waals surface area contributed by atoms with Gasteiger partial charge in [-0.3, -0.25) is 5.10 Å². The van der Waals surface area contributed by atoms with Gasteiger partial charge < -0.3 is 10.6 Å². The Morgan fingerprint density at radius 2 is 1.89 bits per heavy atom. The minimum atomic E-state index is -3.37. The molecule has 2 atom stereocenters. The average Bonchev–Trinajstić information content (AvgIpc) is 2.57. The number of aromatic nitrogens is 2. The number of anilines is 2. The number of nitrogens with zero attached hydrogens (tertiary/aromatic N) is 2. The third kappa shape index (κ3) is 2.45. The van der Waals surface area contributed by atoms with Crippen molar-refractivity contribution in [3.63, 3.8) is 0 Å². The van der Waals surface area contributed by atoms with Crippen molar-refractivity contribution >= 4 is 21.5 Å². The average molecular weight is 272 g/mol. The van der Waals surface area contributed by atoms with E-state index in [0.717, 1.165) is 25.8 Å². The standard InChI is InChI=1S/C11H20N4O2S/c1-7-4-8(2)6-15(5-7)11-9(18(3,16)17)10(12)13-14-11/h7-8H,4-6H2,1-3H3,(H3,12,13,14). The van der Waals surface area contributed by atoms with Gasteiger partial charge >= 0.3 is 0 Å². The number of piperidine rings is 1. The van der Waals surface area contributed by atoms with Gasteiger partial charge in [0.05, 0.1) is 0 Å². The quantitative estimate of drug-likeness (QED) is 0.833. The van der Waals surface area contributed by atoms with E-state index < -0.39 is 9.84 Å². The number of nitrogens with one attached hydrogen (secondary N) is 1. The molecule has 2 heterocycles. The molecule has 2 unspecified atom stereocenters. The van der Waals surface area contributed by atoms with E-state index in [4.69, 9.17) is 5.73 Å². The number of sulfone groups is 1. The van der Waals surface area contributed by atoms with Gasteiger partial charge in [0.25, 0.3) is 0 Å². The van der Waals surface area contributed by atoms with Crippen LogP contribution < -0.4 is 10.6 Å². The number of nitrogen functional groups attached to an aromatic ring is 1. The maximum atomic E-state index is 11.8. The molecule has 3 N–H and O–H groups in total. The van der Waals surface area contributed by atoms with Crippen LogP contribution in [-0.2, 0) is 9.84 Å². The summed E-state index contributed by atoms with van der Waals surface area (Å²) in [5, 5.41) is 6.65. The van der Waals surface area contributed by atoms with Gasteiger partial charge in [0.15, 0.2) is 20.6 Å². The Kier molecular flexibility index (Phi) is 3.27. The summed E-state index contributed by atoms with van der Waals surface area (Å²) in [4.78, 5) is 2.14. The fourth-order valence-electron chi connectivity index (χ4n) is 2.75. The highest BCUT2D eigenvalue weighted by molar-refractivity contribution is 7.91. The maximum absolute atomic E-state index is 11.8. The molecule has 7 heteroatoms. The molecule has 102 valence electrons. The van der Waals surface area contributed by atoms with E-state index in [0.29, 0.717) is 17.7 Å². The molecule has 1 aliphatic rings. The number of hydrogen-bond acceptors (Lipinski definition) is 5. The molecule has 6 nitrogen and oxygen atoms in total. The lowest BCUT2D eigenvalue weighted by molar-refractivity contribution is 0.354. The molecule has 0 spiro atoms. The molecule has 2 rings (SSSR count). The molecule has 18 heavy (non-hydrogen) atoms.